The molecule has 0 saturated carbocycles. The summed E-state index contributed by atoms with van der Waals surface area (Å²) >= 11 is 0. The minimum atomic E-state index is 0.394. The molecule has 0 aliphatic rings. The maximum Gasteiger partial charge on any atom is 0.0480 e. The molecule has 1 unspecified atom stereocenters. The molecule has 0 radical (unpaired) electrons. The van der Waals surface area contributed by atoms with Crippen molar-refractivity contribution >= 4 is 0 Å². The van der Waals surface area contributed by atoms with Crippen molar-refractivity contribution in [1.82, 2.24) is 5.32 Å². The summed E-state index contributed by atoms with van der Waals surface area (Å²) < 4.78 is 5.12. The average molecular weight is 207 g/mol. The fraction of sp³-hybridized carbons (Fsp3) is 0.538. The van der Waals surface area contributed by atoms with Crippen molar-refractivity contribution in [2.75, 3.05) is 20.8 Å². The molecule has 1 N–H and O–H groups in total. The number of nitrogens with one attached hydrogen (secondary N) is 1. The molecular formula is C13H21NO. The second-order valence-electron chi connectivity index (χ2n) is 3.98. The van der Waals surface area contributed by atoms with E-state index >= 15 is 0 Å². The Hall–Kier alpha value is -0.860. The average Bonchev–Trinajstić information content (AvgIpc) is 2.21. The first kappa shape index (κ1) is 12.2. The molecule has 0 spiro atoms. The van der Waals surface area contributed by atoms with E-state index in [4.69, 9.17) is 4.74 Å². The number of aryl methyl sites for hydroxylation is 2. The van der Waals surface area contributed by atoms with Gasteiger partial charge >= 0.3 is 0 Å². The van der Waals surface area contributed by atoms with Crippen LogP contribution in [0.3, 0.4) is 0 Å². The van der Waals surface area contributed by atoms with Crippen molar-refractivity contribution in [3.63, 3.8) is 0 Å². The third-order valence-corrected chi connectivity index (χ3v) is 2.76. The second kappa shape index (κ2) is 5.89. The summed E-state index contributed by atoms with van der Waals surface area (Å²) in [6.07, 6.45) is 1.01. The third-order valence-electron chi connectivity index (χ3n) is 2.76. The lowest BCUT2D eigenvalue weighted by molar-refractivity contribution is 0.184. The van der Waals surface area contributed by atoms with Crippen molar-refractivity contribution in [1.29, 1.82) is 0 Å². The number of rotatable bonds is 5. The van der Waals surface area contributed by atoms with Gasteiger partial charge in [0, 0.05) is 19.8 Å². The van der Waals surface area contributed by atoms with Crippen LogP contribution in [0.4, 0.5) is 0 Å². The Labute approximate surface area is 92.6 Å². The van der Waals surface area contributed by atoms with E-state index in [0.717, 1.165) is 13.0 Å². The lowest BCUT2D eigenvalue weighted by Gasteiger charge is -2.18. The van der Waals surface area contributed by atoms with E-state index in [2.05, 4.69) is 37.4 Å². The summed E-state index contributed by atoms with van der Waals surface area (Å²) in [5.41, 5.74) is 4.04. The van der Waals surface area contributed by atoms with Crippen molar-refractivity contribution in [3.8, 4) is 0 Å². The maximum absolute atomic E-state index is 5.12. The molecule has 0 aliphatic carbocycles. The van der Waals surface area contributed by atoms with Crippen LogP contribution < -0.4 is 5.32 Å². The maximum atomic E-state index is 5.12. The highest BCUT2D eigenvalue weighted by Crippen LogP contribution is 2.21. The lowest BCUT2D eigenvalue weighted by atomic mass is 9.97. The second-order valence-corrected chi connectivity index (χ2v) is 3.98. The van der Waals surface area contributed by atoms with Gasteiger partial charge in [-0.05, 0) is 38.4 Å². The quantitative estimate of drug-likeness (QED) is 0.801. The van der Waals surface area contributed by atoms with Gasteiger partial charge in [-0.2, -0.15) is 0 Å². The van der Waals surface area contributed by atoms with E-state index in [-0.39, 0.29) is 0 Å². The Morgan fingerprint density at radius 2 is 2.07 bits per heavy atom. The standard InChI is InChI=1S/C13H21NO/c1-10-5-6-12(11(2)9-10)13(14-3)7-8-15-4/h5-6,9,13-14H,7-8H2,1-4H3. The highest BCUT2D eigenvalue weighted by molar-refractivity contribution is 5.32. The van der Waals surface area contributed by atoms with Crippen molar-refractivity contribution < 1.29 is 4.74 Å². The first-order valence-corrected chi connectivity index (χ1v) is 5.42. The van der Waals surface area contributed by atoms with E-state index in [1.807, 2.05) is 7.05 Å². The predicted molar refractivity (Wildman–Crippen MR) is 64.2 cm³/mol. The van der Waals surface area contributed by atoms with E-state index in [1.165, 1.54) is 16.7 Å². The molecule has 0 saturated heterocycles. The third kappa shape index (κ3) is 3.33. The van der Waals surface area contributed by atoms with Crippen LogP contribution in [0.25, 0.3) is 0 Å². The number of hydrogen-bond donors (Lipinski definition) is 1. The summed E-state index contributed by atoms with van der Waals surface area (Å²) in [7, 11) is 3.74. The van der Waals surface area contributed by atoms with Gasteiger partial charge in [0.05, 0.1) is 0 Å². The van der Waals surface area contributed by atoms with Gasteiger partial charge < -0.3 is 10.1 Å². The van der Waals surface area contributed by atoms with Gasteiger partial charge in [-0.15, -0.1) is 0 Å². The van der Waals surface area contributed by atoms with E-state index < -0.39 is 0 Å². The first-order chi connectivity index (χ1) is 7.19. The molecule has 84 valence electrons. The highest BCUT2D eigenvalue weighted by atomic mass is 16.5. The summed E-state index contributed by atoms with van der Waals surface area (Å²) in [5.74, 6) is 0. The summed E-state index contributed by atoms with van der Waals surface area (Å²) in [6.45, 7) is 5.08. The molecular weight excluding hydrogens is 186 g/mol. The zero-order valence-corrected chi connectivity index (χ0v) is 10.1. The van der Waals surface area contributed by atoms with Crippen LogP contribution in [-0.2, 0) is 4.74 Å². The molecule has 15 heavy (non-hydrogen) atoms. The fourth-order valence-corrected chi connectivity index (χ4v) is 1.91. The molecule has 0 heterocycles. The zero-order valence-electron chi connectivity index (χ0n) is 10.1. The smallest absolute Gasteiger partial charge is 0.0480 e. The van der Waals surface area contributed by atoms with Crippen LogP contribution in [0, 0.1) is 13.8 Å². The Balaban J connectivity index is 2.81. The van der Waals surface area contributed by atoms with Gasteiger partial charge in [0.2, 0.25) is 0 Å². The fourth-order valence-electron chi connectivity index (χ4n) is 1.91. The minimum Gasteiger partial charge on any atom is -0.385 e. The molecule has 1 rings (SSSR count). The molecule has 1 aromatic carbocycles. The van der Waals surface area contributed by atoms with Gasteiger partial charge in [0.25, 0.3) is 0 Å². The monoisotopic (exact) mass is 207 g/mol. The van der Waals surface area contributed by atoms with Crippen molar-refractivity contribution in [3.05, 3.63) is 34.9 Å². The van der Waals surface area contributed by atoms with Gasteiger partial charge in [0.15, 0.2) is 0 Å². The molecule has 0 amide bonds. The van der Waals surface area contributed by atoms with Crippen LogP contribution in [0.5, 0.6) is 0 Å². The largest absolute Gasteiger partial charge is 0.385 e. The molecule has 2 nitrogen and oxygen atoms in total. The number of ether oxygens (including phenoxy) is 1. The summed E-state index contributed by atoms with van der Waals surface area (Å²) in [4.78, 5) is 0. The number of methoxy groups -OCH3 is 1. The van der Waals surface area contributed by atoms with Crippen LogP contribution in [-0.4, -0.2) is 20.8 Å². The SMILES string of the molecule is CNC(CCOC)c1ccc(C)cc1C. The van der Waals surface area contributed by atoms with Crippen molar-refractivity contribution in [2.24, 2.45) is 0 Å². The van der Waals surface area contributed by atoms with Crippen LogP contribution >= 0.6 is 0 Å². The molecule has 0 fully saturated rings. The van der Waals surface area contributed by atoms with E-state index in [1.54, 1.807) is 7.11 Å². The zero-order chi connectivity index (χ0) is 11.3. The molecule has 0 aliphatic heterocycles. The summed E-state index contributed by atoms with van der Waals surface area (Å²) in [6, 6.07) is 7.00. The number of benzene rings is 1. The van der Waals surface area contributed by atoms with E-state index in [9.17, 15) is 0 Å². The molecule has 1 atom stereocenters. The Kier molecular flexibility index (Phi) is 4.79. The van der Waals surface area contributed by atoms with Crippen molar-refractivity contribution in [2.45, 2.75) is 26.3 Å². The highest BCUT2D eigenvalue weighted by Gasteiger charge is 2.10. The first-order valence-electron chi connectivity index (χ1n) is 5.42. The summed E-state index contributed by atoms with van der Waals surface area (Å²) in [5, 5.41) is 3.33. The van der Waals surface area contributed by atoms with Crippen LogP contribution in [0.2, 0.25) is 0 Å². The van der Waals surface area contributed by atoms with Gasteiger partial charge in [0.1, 0.15) is 0 Å². The predicted octanol–water partition coefficient (Wildman–Crippen LogP) is 2.60. The molecule has 0 bridgehead atoms. The molecule has 2 heteroatoms. The molecule has 0 aromatic heterocycles. The Bertz CT molecular complexity index is 309. The van der Waals surface area contributed by atoms with E-state index in [0.29, 0.717) is 6.04 Å². The van der Waals surface area contributed by atoms with Gasteiger partial charge in [-0.3, -0.25) is 0 Å². The minimum absolute atomic E-state index is 0.394. The topological polar surface area (TPSA) is 21.3 Å². The van der Waals surface area contributed by atoms with Gasteiger partial charge in [-0.1, -0.05) is 23.8 Å². The number of hydrogen-bond acceptors (Lipinski definition) is 2. The lowest BCUT2D eigenvalue weighted by Crippen LogP contribution is -2.19. The molecule has 1 aromatic rings. The Morgan fingerprint density at radius 1 is 1.33 bits per heavy atom. The van der Waals surface area contributed by atoms with Crippen LogP contribution in [0.1, 0.15) is 29.2 Å². The van der Waals surface area contributed by atoms with Gasteiger partial charge in [-0.25, -0.2) is 0 Å². The Morgan fingerprint density at radius 3 is 2.60 bits per heavy atom. The van der Waals surface area contributed by atoms with Crippen LogP contribution in [0.15, 0.2) is 18.2 Å². The normalized spacial score (nSPS) is 12.8.